The number of benzene rings is 1. The van der Waals surface area contributed by atoms with Gasteiger partial charge < -0.3 is 15.8 Å². The van der Waals surface area contributed by atoms with Crippen molar-refractivity contribution in [2.75, 3.05) is 5.32 Å². The third-order valence-electron chi connectivity index (χ3n) is 2.77. The minimum Gasteiger partial charge on any atom is -0.404 e. The Bertz CT molecular complexity index is 536. The van der Waals surface area contributed by atoms with Crippen molar-refractivity contribution < 1.29 is 26.7 Å². The Hall–Kier alpha value is -2.06. The Morgan fingerprint density at radius 3 is 2.48 bits per heavy atom. The first-order valence-electron chi connectivity index (χ1n) is 5.97. The number of guanidine groups is 1. The van der Waals surface area contributed by atoms with Crippen molar-refractivity contribution in [1.29, 1.82) is 0 Å². The molecular formula is C12H12F5N3O. The quantitative estimate of drug-likeness (QED) is 0.512. The zero-order valence-electron chi connectivity index (χ0n) is 10.6. The van der Waals surface area contributed by atoms with E-state index in [1.165, 1.54) is 18.2 Å². The molecule has 1 aliphatic carbocycles. The summed E-state index contributed by atoms with van der Waals surface area (Å²) in [5, 5.41) is 2.42. The summed E-state index contributed by atoms with van der Waals surface area (Å²) in [6.07, 6.45) is -5.69. The molecule has 3 N–H and O–H groups in total. The summed E-state index contributed by atoms with van der Waals surface area (Å²) in [6, 6.07) is 4.59. The highest BCUT2D eigenvalue weighted by atomic mass is 19.4. The SMILES string of the molecule is NC(=NC1CC(F)(F)C1)Nc1ccccc1OC(F)(F)F. The van der Waals surface area contributed by atoms with Crippen molar-refractivity contribution in [3.63, 3.8) is 0 Å². The van der Waals surface area contributed by atoms with Crippen molar-refractivity contribution in [2.24, 2.45) is 10.7 Å². The minimum absolute atomic E-state index is 0.0536. The number of halogens is 5. The summed E-state index contributed by atoms with van der Waals surface area (Å²) in [7, 11) is 0. The van der Waals surface area contributed by atoms with Gasteiger partial charge >= 0.3 is 6.36 Å². The zero-order chi connectivity index (χ0) is 15.7. The molecule has 1 fully saturated rings. The van der Waals surface area contributed by atoms with Crippen LogP contribution < -0.4 is 15.8 Å². The number of anilines is 1. The normalized spacial score (nSPS) is 19.0. The summed E-state index contributed by atoms with van der Waals surface area (Å²) in [4.78, 5) is 3.78. The van der Waals surface area contributed by atoms with Crippen LogP contribution in [0, 0.1) is 0 Å². The average molecular weight is 309 g/mol. The first-order chi connectivity index (χ1) is 9.65. The van der Waals surface area contributed by atoms with Crippen LogP contribution in [0.25, 0.3) is 0 Å². The van der Waals surface area contributed by atoms with Crippen LogP contribution in [0.3, 0.4) is 0 Å². The Morgan fingerprint density at radius 2 is 1.90 bits per heavy atom. The Kier molecular flexibility index (Phi) is 3.93. The Morgan fingerprint density at radius 1 is 1.29 bits per heavy atom. The predicted molar refractivity (Wildman–Crippen MR) is 66.3 cm³/mol. The molecule has 0 atom stereocenters. The third-order valence-corrected chi connectivity index (χ3v) is 2.77. The average Bonchev–Trinajstić information content (AvgIpc) is 2.27. The van der Waals surface area contributed by atoms with Crippen molar-refractivity contribution >= 4 is 11.6 Å². The van der Waals surface area contributed by atoms with Crippen molar-refractivity contribution in [3.05, 3.63) is 24.3 Å². The smallest absolute Gasteiger partial charge is 0.404 e. The molecule has 0 saturated heterocycles. The van der Waals surface area contributed by atoms with Gasteiger partial charge in [-0.3, -0.25) is 0 Å². The van der Waals surface area contributed by atoms with Crippen LogP contribution >= 0.6 is 0 Å². The second kappa shape index (κ2) is 5.38. The van der Waals surface area contributed by atoms with E-state index in [0.717, 1.165) is 6.07 Å². The molecule has 0 bridgehead atoms. The lowest BCUT2D eigenvalue weighted by Crippen LogP contribution is -2.40. The number of nitrogens with one attached hydrogen (secondary N) is 1. The highest BCUT2D eigenvalue weighted by Crippen LogP contribution is 2.39. The van der Waals surface area contributed by atoms with Gasteiger partial charge in [0.1, 0.15) is 0 Å². The van der Waals surface area contributed by atoms with Gasteiger partial charge in [0.15, 0.2) is 11.7 Å². The monoisotopic (exact) mass is 309 g/mol. The number of hydrogen-bond acceptors (Lipinski definition) is 2. The Labute approximate surface area is 116 Å². The summed E-state index contributed by atoms with van der Waals surface area (Å²) < 4.78 is 65.8. The largest absolute Gasteiger partial charge is 0.573 e. The molecule has 0 aromatic heterocycles. The fourth-order valence-electron chi connectivity index (χ4n) is 1.87. The number of hydrogen-bond donors (Lipinski definition) is 2. The first kappa shape index (κ1) is 15.3. The summed E-state index contributed by atoms with van der Waals surface area (Å²) in [6.45, 7) is 0. The second-order valence-corrected chi connectivity index (χ2v) is 4.60. The van der Waals surface area contributed by atoms with Gasteiger partial charge in [0.2, 0.25) is 0 Å². The molecule has 1 aromatic rings. The molecule has 9 heteroatoms. The van der Waals surface area contributed by atoms with Crippen LogP contribution in [-0.2, 0) is 0 Å². The van der Waals surface area contributed by atoms with Gasteiger partial charge in [-0.15, -0.1) is 13.2 Å². The van der Waals surface area contributed by atoms with E-state index in [1.807, 2.05) is 0 Å². The lowest BCUT2D eigenvalue weighted by Gasteiger charge is -2.32. The maximum atomic E-state index is 12.6. The van der Waals surface area contributed by atoms with Crippen molar-refractivity contribution in [1.82, 2.24) is 0 Å². The van der Waals surface area contributed by atoms with Crippen LogP contribution in [0.5, 0.6) is 5.75 Å². The number of nitrogens with two attached hydrogens (primary N) is 1. The molecule has 4 nitrogen and oxygen atoms in total. The lowest BCUT2D eigenvalue weighted by molar-refractivity contribution is -0.274. The van der Waals surface area contributed by atoms with E-state index in [-0.39, 0.29) is 11.6 Å². The molecule has 0 aliphatic heterocycles. The summed E-state index contributed by atoms with van der Waals surface area (Å²) in [5.74, 6) is -3.47. The van der Waals surface area contributed by atoms with Crippen LogP contribution in [0.15, 0.2) is 29.3 Å². The molecule has 0 spiro atoms. The van der Waals surface area contributed by atoms with Gasteiger partial charge in [0.05, 0.1) is 11.7 Å². The fourth-order valence-corrected chi connectivity index (χ4v) is 1.87. The van der Waals surface area contributed by atoms with Gasteiger partial charge in [-0.1, -0.05) is 12.1 Å². The zero-order valence-corrected chi connectivity index (χ0v) is 10.6. The van der Waals surface area contributed by atoms with Gasteiger partial charge in [-0.2, -0.15) is 0 Å². The van der Waals surface area contributed by atoms with E-state index in [0.29, 0.717) is 0 Å². The number of ether oxygens (including phenoxy) is 1. The second-order valence-electron chi connectivity index (χ2n) is 4.60. The molecule has 1 aromatic carbocycles. The molecule has 0 unspecified atom stereocenters. The van der Waals surface area contributed by atoms with E-state index >= 15 is 0 Å². The highest BCUT2D eigenvalue weighted by Gasteiger charge is 2.45. The predicted octanol–water partition coefficient (Wildman–Crippen LogP) is 3.11. The summed E-state index contributed by atoms with van der Waals surface area (Å²) in [5.41, 5.74) is 5.44. The summed E-state index contributed by atoms with van der Waals surface area (Å²) >= 11 is 0. The third kappa shape index (κ3) is 4.47. The van der Waals surface area contributed by atoms with Gasteiger partial charge in [-0.25, -0.2) is 13.8 Å². The molecule has 21 heavy (non-hydrogen) atoms. The number of rotatable bonds is 3. The lowest BCUT2D eigenvalue weighted by atomic mass is 9.89. The first-order valence-corrected chi connectivity index (χ1v) is 5.97. The maximum absolute atomic E-state index is 12.6. The van der Waals surface area contributed by atoms with Crippen molar-refractivity contribution in [2.45, 2.75) is 31.2 Å². The van der Waals surface area contributed by atoms with Crippen LogP contribution in [0.1, 0.15) is 12.8 Å². The molecule has 0 amide bonds. The Balaban J connectivity index is 2.04. The van der Waals surface area contributed by atoms with E-state index in [4.69, 9.17) is 5.73 Å². The topological polar surface area (TPSA) is 59.6 Å². The van der Waals surface area contributed by atoms with Crippen LogP contribution in [0.2, 0.25) is 0 Å². The molecule has 1 saturated carbocycles. The van der Waals surface area contributed by atoms with Crippen molar-refractivity contribution in [3.8, 4) is 5.75 Å². The van der Waals surface area contributed by atoms with E-state index in [9.17, 15) is 22.0 Å². The van der Waals surface area contributed by atoms with E-state index < -0.39 is 36.9 Å². The van der Waals surface area contributed by atoms with Gasteiger partial charge in [0.25, 0.3) is 5.92 Å². The van der Waals surface area contributed by atoms with Crippen LogP contribution in [0.4, 0.5) is 27.6 Å². The molecule has 0 radical (unpaired) electrons. The maximum Gasteiger partial charge on any atom is 0.573 e. The van der Waals surface area contributed by atoms with Crippen LogP contribution in [-0.4, -0.2) is 24.3 Å². The highest BCUT2D eigenvalue weighted by molar-refractivity contribution is 5.93. The molecule has 116 valence electrons. The standard InChI is InChI=1S/C12H12F5N3O/c13-11(14)5-7(6-11)19-10(18)20-8-3-1-2-4-9(8)21-12(15,16)17/h1-4,7H,5-6H2,(H3,18,19,20). The molecule has 0 heterocycles. The number of para-hydroxylation sites is 2. The number of nitrogens with zero attached hydrogens (tertiary/aromatic N) is 1. The molecule has 1 aliphatic rings. The number of alkyl halides is 5. The van der Waals surface area contributed by atoms with Gasteiger partial charge in [0, 0.05) is 12.8 Å². The van der Waals surface area contributed by atoms with Gasteiger partial charge in [-0.05, 0) is 12.1 Å². The molecular weight excluding hydrogens is 297 g/mol. The van der Waals surface area contributed by atoms with E-state index in [2.05, 4.69) is 15.0 Å². The number of aliphatic imine (C=N–C) groups is 1. The minimum atomic E-state index is -4.85. The fraction of sp³-hybridized carbons (Fsp3) is 0.417. The van der Waals surface area contributed by atoms with E-state index in [1.54, 1.807) is 0 Å². The molecule has 2 rings (SSSR count).